The van der Waals surface area contributed by atoms with Crippen molar-refractivity contribution in [3.63, 3.8) is 0 Å². The number of allylic oxidation sites excluding steroid dienone is 8. The summed E-state index contributed by atoms with van der Waals surface area (Å²) in [6, 6.07) is 0. The zero-order valence-corrected chi connectivity index (χ0v) is 19.1. The summed E-state index contributed by atoms with van der Waals surface area (Å²) in [6.07, 6.45) is 6.87. The fourth-order valence-electron chi connectivity index (χ4n) is 2.81. The van der Waals surface area contributed by atoms with Gasteiger partial charge >= 0.3 is 25.8 Å². The second-order valence-corrected chi connectivity index (χ2v) is 7.25. The summed E-state index contributed by atoms with van der Waals surface area (Å²) in [5.41, 5.74) is 8.79. The minimum atomic E-state index is 0. The number of hydrogen-bond donors (Lipinski definition) is 0. The summed E-state index contributed by atoms with van der Waals surface area (Å²) in [7, 11) is 0. The maximum atomic E-state index is 3.44. The third-order valence-corrected chi connectivity index (χ3v) is 5.12. The van der Waals surface area contributed by atoms with Crippen molar-refractivity contribution in [1.29, 1.82) is 0 Å². The molecule has 0 saturated heterocycles. The van der Waals surface area contributed by atoms with Gasteiger partial charge in [0.2, 0.25) is 0 Å². The van der Waals surface area contributed by atoms with Crippen LogP contribution in [0.1, 0.15) is 72.1 Å². The van der Waals surface area contributed by atoms with Crippen LogP contribution in [0.5, 0.6) is 0 Å². The van der Waals surface area contributed by atoms with Crippen LogP contribution in [-0.2, 0) is 25.8 Å². The van der Waals surface area contributed by atoms with Crippen molar-refractivity contribution in [3.8, 4) is 0 Å². The van der Waals surface area contributed by atoms with Crippen molar-refractivity contribution >= 4 is 0 Å². The van der Waals surface area contributed by atoms with Crippen molar-refractivity contribution < 1.29 is 28.7 Å². The first-order chi connectivity index (χ1) is 8.90. The van der Waals surface area contributed by atoms with E-state index in [0.29, 0.717) is 0 Å². The van der Waals surface area contributed by atoms with Crippen molar-refractivity contribution in [2.75, 3.05) is 0 Å². The molecule has 2 aliphatic carbocycles. The molecule has 0 N–H and O–H groups in total. The molecule has 0 spiro atoms. The fraction of sp³-hybridized carbons (Fsp3) is 0.600. The topological polar surface area (TPSA) is 0 Å². The van der Waals surface area contributed by atoms with Gasteiger partial charge in [-0.1, -0.05) is 66.2 Å². The van der Waals surface area contributed by atoms with Crippen LogP contribution in [-0.4, -0.2) is 0 Å². The Balaban J connectivity index is -0.000000308. The smallest absolute Gasteiger partial charge is 1.00 e. The van der Waals surface area contributed by atoms with Crippen molar-refractivity contribution in [2.45, 2.75) is 69.2 Å². The molecule has 0 bridgehead atoms. The molecular formula is C20H32Hf. The summed E-state index contributed by atoms with van der Waals surface area (Å²) >= 11 is 0. The van der Waals surface area contributed by atoms with Crippen LogP contribution in [0.2, 0.25) is 0 Å². The Bertz CT molecular complexity index is 494. The third-order valence-electron chi connectivity index (χ3n) is 5.12. The number of hydrogen-bond acceptors (Lipinski definition) is 0. The standard InChI is InChI=1S/2C10H15.Hf.2H/c2*1-7-6-10(4,5)9(3)8(7)2;;;/h2*1-5H3;;;/q2*-1;+4;2*-1. The largest absolute Gasteiger partial charge is 4.00 e. The average molecular weight is 451 g/mol. The normalized spacial score (nSPS) is 22.4. The molecule has 0 amide bonds. The van der Waals surface area contributed by atoms with Crippen molar-refractivity contribution in [3.05, 3.63) is 45.6 Å². The Morgan fingerprint density at radius 3 is 0.905 bits per heavy atom. The minimum absolute atomic E-state index is 0. The molecule has 0 atom stereocenters. The Hall–Kier alpha value is -0.170. The van der Waals surface area contributed by atoms with E-state index >= 15 is 0 Å². The van der Waals surface area contributed by atoms with Crippen LogP contribution < -0.4 is 0 Å². The second-order valence-electron chi connectivity index (χ2n) is 7.25. The molecule has 2 rings (SSSR count). The third kappa shape index (κ3) is 4.41. The summed E-state index contributed by atoms with van der Waals surface area (Å²) in [6.45, 7) is 21.8. The zero-order valence-electron chi connectivity index (χ0n) is 17.5. The van der Waals surface area contributed by atoms with E-state index in [-0.39, 0.29) is 39.5 Å². The summed E-state index contributed by atoms with van der Waals surface area (Å²) in [5, 5.41) is 0. The van der Waals surface area contributed by atoms with Gasteiger partial charge in [0.1, 0.15) is 0 Å². The molecule has 1 heteroatoms. The van der Waals surface area contributed by atoms with E-state index in [4.69, 9.17) is 0 Å². The Morgan fingerprint density at radius 2 is 0.857 bits per heavy atom. The van der Waals surface area contributed by atoms with Crippen molar-refractivity contribution in [2.24, 2.45) is 10.8 Å². The predicted octanol–water partition coefficient (Wildman–Crippen LogP) is 6.45. The molecular weight excluding hydrogens is 419 g/mol. The zero-order chi connectivity index (χ0) is 15.9. The van der Waals surface area contributed by atoms with E-state index in [1.165, 1.54) is 33.4 Å². The van der Waals surface area contributed by atoms with Gasteiger partial charge in [-0.2, -0.15) is 22.3 Å². The van der Waals surface area contributed by atoms with E-state index in [1.54, 1.807) is 0 Å². The van der Waals surface area contributed by atoms with Crippen LogP contribution in [0, 0.1) is 23.0 Å². The van der Waals surface area contributed by atoms with Crippen LogP contribution >= 0.6 is 0 Å². The molecule has 21 heavy (non-hydrogen) atoms. The molecule has 0 nitrogen and oxygen atoms in total. The Kier molecular flexibility index (Phi) is 6.88. The second kappa shape index (κ2) is 6.94. The van der Waals surface area contributed by atoms with Crippen LogP contribution in [0.4, 0.5) is 0 Å². The van der Waals surface area contributed by atoms with Gasteiger partial charge < -0.3 is 2.85 Å². The maximum Gasteiger partial charge on any atom is 4.00 e. The first-order valence-corrected chi connectivity index (χ1v) is 7.50. The van der Waals surface area contributed by atoms with Gasteiger partial charge in [-0.05, 0) is 0 Å². The quantitative estimate of drug-likeness (QED) is 0.294. The molecule has 116 valence electrons. The first-order valence-electron chi connectivity index (χ1n) is 7.50. The summed E-state index contributed by atoms with van der Waals surface area (Å²) in [5.74, 6) is 0. The van der Waals surface area contributed by atoms with Gasteiger partial charge in [0.25, 0.3) is 0 Å². The van der Waals surface area contributed by atoms with Crippen molar-refractivity contribution in [1.82, 2.24) is 0 Å². The van der Waals surface area contributed by atoms with E-state index in [0.717, 1.165) is 0 Å². The molecule has 0 aliphatic heterocycles. The number of rotatable bonds is 0. The fourth-order valence-corrected chi connectivity index (χ4v) is 2.81. The molecule has 0 fully saturated rings. The van der Waals surface area contributed by atoms with Gasteiger partial charge in [-0.25, -0.2) is 11.1 Å². The molecule has 2 aliphatic rings. The average Bonchev–Trinajstić information content (AvgIpc) is 2.60. The summed E-state index contributed by atoms with van der Waals surface area (Å²) in [4.78, 5) is 0. The van der Waals surface area contributed by atoms with Crippen LogP contribution in [0.15, 0.2) is 33.4 Å². The van der Waals surface area contributed by atoms with E-state index in [2.05, 4.69) is 81.4 Å². The van der Waals surface area contributed by atoms with Gasteiger partial charge in [0.05, 0.1) is 0 Å². The van der Waals surface area contributed by atoms with Crippen LogP contribution in [0.25, 0.3) is 0 Å². The first kappa shape index (κ1) is 20.8. The van der Waals surface area contributed by atoms with Gasteiger partial charge in [0.15, 0.2) is 0 Å². The summed E-state index contributed by atoms with van der Waals surface area (Å²) < 4.78 is 0. The van der Waals surface area contributed by atoms with Gasteiger partial charge in [0, 0.05) is 0 Å². The monoisotopic (exact) mass is 452 g/mol. The Morgan fingerprint density at radius 1 is 0.619 bits per heavy atom. The molecule has 0 radical (unpaired) electrons. The van der Waals surface area contributed by atoms with Crippen LogP contribution in [0.3, 0.4) is 0 Å². The van der Waals surface area contributed by atoms with E-state index in [9.17, 15) is 0 Å². The predicted molar refractivity (Wildman–Crippen MR) is 91.4 cm³/mol. The van der Waals surface area contributed by atoms with E-state index in [1.807, 2.05) is 0 Å². The van der Waals surface area contributed by atoms with E-state index < -0.39 is 0 Å². The molecule has 0 unspecified atom stereocenters. The Labute approximate surface area is 154 Å². The molecule has 0 aromatic heterocycles. The molecule has 0 saturated carbocycles. The van der Waals surface area contributed by atoms with Gasteiger partial charge in [-0.3, -0.25) is 12.2 Å². The SMILES string of the molecule is CC1=[C-]C(C)(C)C(C)=C1C.CC1=[C-]C(C)(C)C(C)=C1C.[H-].[H-].[Hf+4]. The molecule has 0 aromatic rings. The van der Waals surface area contributed by atoms with Gasteiger partial charge in [-0.15, -0.1) is 13.8 Å². The molecule has 0 heterocycles. The molecule has 0 aromatic carbocycles. The minimum Gasteiger partial charge on any atom is -1.00 e. The maximum absolute atomic E-state index is 3.44.